The van der Waals surface area contributed by atoms with E-state index in [0.717, 1.165) is 10.6 Å². The zero-order valence-electron chi connectivity index (χ0n) is 12.8. The van der Waals surface area contributed by atoms with Crippen molar-refractivity contribution in [3.8, 4) is 11.5 Å². The van der Waals surface area contributed by atoms with Gasteiger partial charge in [-0.25, -0.2) is 4.39 Å². The van der Waals surface area contributed by atoms with Gasteiger partial charge in [0, 0.05) is 16.0 Å². The van der Waals surface area contributed by atoms with E-state index in [4.69, 9.17) is 4.42 Å². The number of halogens is 1. The molecule has 5 nitrogen and oxygen atoms in total. The maximum atomic E-state index is 12.9. The number of aromatic nitrogens is 2. The van der Waals surface area contributed by atoms with E-state index >= 15 is 0 Å². The smallest absolute Gasteiger partial charge is 0.322 e. The molecule has 24 heavy (non-hydrogen) atoms. The van der Waals surface area contributed by atoms with Crippen molar-refractivity contribution >= 4 is 23.7 Å². The van der Waals surface area contributed by atoms with Gasteiger partial charge < -0.3 is 4.42 Å². The van der Waals surface area contributed by atoms with Crippen LogP contribution in [0.25, 0.3) is 11.5 Å². The van der Waals surface area contributed by atoms with Gasteiger partial charge in [0.1, 0.15) is 5.82 Å². The molecular formula is C17H14FN3O2S. The third kappa shape index (κ3) is 3.80. The Morgan fingerprint density at radius 3 is 2.50 bits per heavy atom. The molecule has 122 valence electrons. The first-order valence-electron chi connectivity index (χ1n) is 7.29. The molecule has 0 atom stereocenters. The Kier molecular flexibility index (Phi) is 4.90. The minimum atomic E-state index is -0.350. The summed E-state index contributed by atoms with van der Waals surface area (Å²) in [4.78, 5) is 13.3. The summed E-state index contributed by atoms with van der Waals surface area (Å²) in [6.07, 6.45) is 0. The van der Waals surface area contributed by atoms with Crippen LogP contribution in [-0.2, 0) is 0 Å². The van der Waals surface area contributed by atoms with E-state index in [1.54, 1.807) is 23.9 Å². The van der Waals surface area contributed by atoms with Crippen molar-refractivity contribution in [1.29, 1.82) is 0 Å². The molecule has 1 aromatic heterocycles. The van der Waals surface area contributed by atoms with E-state index in [9.17, 15) is 9.18 Å². The Bertz CT molecular complexity index is 832. The molecular weight excluding hydrogens is 329 g/mol. The molecule has 1 N–H and O–H groups in total. The lowest BCUT2D eigenvalue weighted by molar-refractivity contribution is 0.102. The average molecular weight is 343 g/mol. The fourth-order valence-corrected chi connectivity index (χ4v) is 2.68. The number of thioether (sulfide) groups is 1. The van der Waals surface area contributed by atoms with Crippen LogP contribution in [0, 0.1) is 5.82 Å². The third-order valence-corrected chi connectivity index (χ3v) is 4.06. The van der Waals surface area contributed by atoms with Gasteiger partial charge in [-0.3, -0.25) is 10.1 Å². The van der Waals surface area contributed by atoms with Crippen LogP contribution in [0.2, 0.25) is 0 Å². The number of hydrogen-bond donors (Lipinski definition) is 1. The highest BCUT2D eigenvalue weighted by Gasteiger charge is 2.13. The number of anilines is 1. The van der Waals surface area contributed by atoms with Crippen LogP contribution in [0.4, 0.5) is 10.4 Å². The van der Waals surface area contributed by atoms with Gasteiger partial charge in [0.2, 0.25) is 5.89 Å². The van der Waals surface area contributed by atoms with E-state index in [0.29, 0.717) is 11.1 Å². The molecule has 3 aromatic rings. The summed E-state index contributed by atoms with van der Waals surface area (Å²) in [5.41, 5.74) is 1.07. The van der Waals surface area contributed by atoms with Crippen LogP contribution >= 0.6 is 11.8 Å². The summed E-state index contributed by atoms with van der Waals surface area (Å²) < 4.78 is 18.3. The Labute approximate surface area is 142 Å². The zero-order valence-corrected chi connectivity index (χ0v) is 13.6. The van der Waals surface area contributed by atoms with Crippen molar-refractivity contribution in [2.75, 3.05) is 11.1 Å². The highest BCUT2D eigenvalue weighted by molar-refractivity contribution is 7.99. The first kappa shape index (κ1) is 16.2. The molecule has 0 aliphatic rings. The fourth-order valence-electron chi connectivity index (χ4n) is 2.02. The monoisotopic (exact) mass is 343 g/mol. The lowest BCUT2D eigenvalue weighted by atomic mass is 10.2. The van der Waals surface area contributed by atoms with Crippen LogP contribution in [0.15, 0.2) is 57.8 Å². The number of carbonyl (C=O) groups is 1. The van der Waals surface area contributed by atoms with Crippen molar-refractivity contribution in [3.05, 3.63) is 59.9 Å². The number of hydrogen-bond acceptors (Lipinski definition) is 5. The first-order chi connectivity index (χ1) is 11.7. The van der Waals surface area contributed by atoms with Gasteiger partial charge in [-0.1, -0.05) is 12.0 Å². The molecule has 0 aliphatic carbocycles. The number of nitrogens with one attached hydrogen (secondary N) is 1. The van der Waals surface area contributed by atoms with Crippen molar-refractivity contribution in [3.63, 3.8) is 0 Å². The average Bonchev–Trinajstić information content (AvgIpc) is 3.05. The van der Waals surface area contributed by atoms with Crippen molar-refractivity contribution in [2.45, 2.75) is 11.8 Å². The van der Waals surface area contributed by atoms with E-state index in [1.807, 2.05) is 12.1 Å². The van der Waals surface area contributed by atoms with E-state index in [-0.39, 0.29) is 23.6 Å². The molecule has 0 bridgehead atoms. The quantitative estimate of drug-likeness (QED) is 0.702. The number of rotatable bonds is 5. The maximum absolute atomic E-state index is 12.9. The minimum absolute atomic E-state index is 0.00802. The van der Waals surface area contributed by atoms with Gasteiger partial charge in [-0.2, -0.15) is 0 Å². The predicted molar refractivity (Wildman–Crippen MR) is 90.5 cm³/mol. The van der Waals surface area contributed by atoms with Gasteiger partial charge in [-0.05, 0) is 54.3 Å². The molecule has 0 aliphatic heterocycles. The lowest BCUT2D eigenvalue weighted by Crippen LogP contribution is -2.11. The van der Waals surface area contributed by atoms with Gasteiger partial charge in [-0.15, -0.1) is 16.9 Å². The highest BCUT2D eigenvalue weighted by atomic mass is 32.2. The van der Waals surface area contributed by atoms with Crippen LogP contribution in [0.1, 0.15) is 17.3 Å². The second-order valence-corrected chi connectivity index (χ2v) is 6.17. The van der Waals surface area contributed by atoms with Crippen LogP contribution in [0.5, 0.6) is 0 Å². The highest BCUT2D eigenvalue weighted by Crippen LogP contribution is 2.21. The van der Waals surface area contributed by atoms with Gasteiger partial charge in [0.05, 0.1) is 0 Å². The molecule has 0 radical (unpaired) electrons. The lowest BCUT2D eigenvalue weighted by Gasteiger charge is -2.02. The van der Waals surface area contributed by atoms with Crippen molar-refractivity contribution < 1.29 is 13.6 Å². The van der Waals surface area contributed by atoms with Crippen LogP contribution in [0.3, 0.4) is 0 Å². The Morgan fingerprint density at radius 1 is 1.12 bits per heavy atom. The van der Waals surface area contributed by atoms with Crippen molar-refractivity contribution in [2.24, 2.45) is 0 Å². The van der Waals surface area contributed by atoms with Gasteiger partial charge in [0.15, 0.2) is 0 Å². The van der Waals surface area contributed by atoms with Crippen molar-refractivity contribution in [1.82, 2.24) is 10.2 Å². The third-order valence-electron chi connectivity index (χ3n) is 3.16. The summed E-state index contributed by atoms with van der Waals surface area (Å²) in [7, 11) is 0. The molecule has 0 saturated carbocycles. The molecule has 0 spiro atoms. The maximum Gasteiger partial charge on any atom is 0.322 e. The first-order valence-corrected chi connectivity index (χ1v) is 8.28. The summed E-state index contributed by atoms with van der Waals surface area (Å²) >= 11 is 1.70. The SMILES string of the molecule is CCSc1ccc(C(=O)Nc2nnc(-c3ccc(F)cc3)o2)cc1. The summed E-state index contributed by atoms with van der Waals surface area (Å²) in [6.45, 7) is 2.07. The molecule has 1 heterocycles. The summed E-state index contributed by atoms with van der Waals surface area (Å²) in [5.74, 6) is 0.494. The Morgan fingerprint density at radius 2 is 1.83 bits per heavy atom. The zero-order chi connectivity index (χ0) is 16.9. The number of benzene rings is 2. The van der Waals surface area contributed by atoms with Gasteiger partial charge in [0.25, 0.3) is 5.91 Å². The normalized spacial score (nSPS) is 10.6. The van der Waals surface area contributed by atoms with E-state index in [1.165, 1.54) is 24.3 Å². The Balaban J connectivity index is 1.69. The number of amides is 1. The molecule has 3 rings (SSSR count). The molecule has 0 saturated heterocycles. The minimum Gasteiger partial charge on any atom is -0.403 e. The van der Waals surface area contributed by atoms with Crippen LogP contribution < -0.4 is 5.32 Å². The molecule has 7 heteroatoms. The van der Waals surface area contributed by atoms with Gasteiger partial charge >= 0.3 is 6.01 Å². The van der Waals surface area contributed by atoms with Crippen LogP contribution in [-0.4, -0.2) is 21.9 Å². The molecule has 2 aromatic carbocycles. The fraction of sp³-hybridized carbons (Fsp3) is 0.118. The molecule has 1 amide bonds. The number of nitrogens with zero attached hydrogens (tertiary/aromatic N) is 2. The van der Waals surface area contributed by atoms with E-state index in [2.05, 4.69) is 22.4 Å². The summed E-state index contributed by atoms with van der Waals surface area (Å²) in [5, 5.41) is 10.2. The largest absolute Gasteiger partial charge is 0.403 e. The molecule has 0 unspecified atom stereocenters. The second-order valence-electron chi connectivity index (χ2n) is 4.83. The molecule has 0 fully saturated rings. The predicted octanol–water partition coefficient (Wildman–Crippen LogP) is 4.24. The Hall–Kier alpha value is -2.67. The number of carbonyl (C=O) groups excluding carboxylic acids is 1. The second kappa shape index (κ2) is 7.27. The standard InChI is InChI=1S/C17H14FN3O2S/c1-2-24-14-9-5-11(6-10-14)15(22)19-17-21-20-16(23-17)12-3-7-13(18)8-4-12/h3-10H,2H2,1H3,(H,19,21,22). The van der Waals surface area contributed by atoms with E-state index < -0.39 is 0 Å². The summed E-state index contributed by atoms with van der Waals surface area (Å²) in [6, 6.07) is 12.9. The topological polar surface area (TPSA) is 68.0 Å².